The first-order valence-electron chi connectivity index (χ1n) is 3.89. The van der Waals surface area contributed by atoms with Gasteiger partial charge in [-0.15, -0.1) is 0 Å². The average molecular weight is 204 g/mol. The molecular weight excluding hydrogens is 193 g/mol. The van der Waals surface area contributed by atoms with Crippen molar-refractivity contribution in [2.75, 3.05) is 0 Å². The van der Waals surface area contributed by atoms with Crippen LogP contribution >= 0.6 is 23.2 Å². The van der Waals surface area contributed by atoms with E-state index in [1.807, 2.05) is 6.07 Å². The Morgan fingerprint density at radius 2 is 2.08 bits per heavy atom. The SMILES string of the molecule is CC(C)Cc1cnc(Cl)c(Cl)c1. The fourth-order valence-electron chi connectivity index (χ4n) is 1.04. The van der Waals surface area contributed by atoms with E-state index in [4.69, 9.17) is 23.2 Å². The number of halogens is 2. The molecule has 1 nitrogen and oxygen atoms in total. The molecule has 0 N–H and O–H groups in total. The predicted molar refractivity (Wildman–Crippen MR) is 52.8 cm³/mol. The Labute approximate surface area is 82.7 Å². The second-order valence-electron chi connectivity index (χ2n) is 3.21. The van der Waals surface area contributed by atoms with E-state index in [9.17, 15) is 0 Å². The summed E-state index contributed by atoms with van der Waals surface area (Å²) in [7, 11) is 0. The molecule has 0 saturated heterocycles. The van der Waals surface area contributed by atoms with Crippen molar-refractivity contribution in [2.24, 2.45) is 5.92 Å². The summed E-state index contributed by atoms with van der Waals surface area (Å²) < 4.78 is 0. The molecule has 12 heavy (non-hydrogen) atoms. The number of aromatic nitrogens is 1. The number of rotatable bonds is 2. The van der Waals surface area contributed by atoms with Crippen molar-refractivity contribution < 1.29 is 0 Å². The first-order valence-corrected chi connectivity index (χ1v) is 4.65. The summed E-state index contributed by atoms with van der Waals surface area (Å²) in [5, 5.41) is 0.916. The van der Waals surface area contributed by atoms with Gasteiger partial charge in [-0.3, -0.25) is 0 Å². The fourth-order valence-corrected chi connectivity index (χ4v) is 1.34. The van der Waals surface area contributed by atoms with Gasteiger partial charge in [-0.1, -0.05) is 37.0 Å². The third-order valence-electron chi connectivity index (χ3n) is 1.50. The molecule has 0 saturated carbocycles. The summed E-state index contributed by atoms with van der Waals surface area (Å²) >= 11 is 11.5. The topological polar surface area (TPSA) is 12.9 Å². The lowest BCUT2D eigenvalue weighted by molar-refractivity contribution is 0.645. The summed E-state index contributed by atoms with van der Waals surface area (Å²) in [6, 6.07) is 1.87. The van der Waals surface area contributed by atoms with Crippen molar-refractivity contribution in [3.8, 4) is 0 Å². The highest BCUT2D eigenvalue weighted by molar-refractivity contribution is 6.41. The number of hydrogen-bond donors (Lipinski definition) is 0. The van der Waals surface area contributed by atoms with E-state index in [0.29, 0.717) is 16.1 Å². The summed E-state index contributed by atoms with van der Waals surface area (Å²) in [4.78, 5) is 3.97. The molecule has 0 aliphatic heterocycles. The van der Waals surface area contributed by atoms with Gasteiger partial charge in [0, 0.05) is 6.20 Å². The molecule has 0 amide bonds. The minimum Gasteiger partial charge on any atom is -0.243 e. The first-order chi connectivity index (χ1) is 5.59. The van der Waals surface area contributed by atoms with Gasteiger partial charge in [-0.2, -0.15) is 0 Å². The highest BCUT2D eigenvalue weighted by Gasteiger charge is 2.02. The molecule has 3 heteroatoms. The van der Waals surface area contributed by atoms with Gasteiger partial charge >= 0.3 is 0 Å². The van der Waals surface area contributed by atoms with E-state index in [1.54, 1.807) is 6.20 Å². The van der Waals surface area contributed by atoms with Crippen molar-refractivity contribution in [2.45, 2.75) is 20.3 Å². The largest absolute Gasteiger partial charge is 0.243 e. The Morgan fingerprint density at radius 1 is 1.42 bits per heavy atom. The maximum Gasteiger partial charge on any atom is 0.147 e. The Kier molecular flexibility index (Phi) is 3.36. The second-order valence-corrected chi connectivity index (χ2v) is 3.98. The second kappa shape index (κ2) is 4.11. The van der Waals surface area contributed by atoms with Gasteiger partial charge in [0.05, 0.1) is 5.02 Å². The van der Waals surface area contributed by atoms with Crippen molar-refractivity contribution in [1.82, 2.24) is 4.98 Å². The number of hydrogen-bond acceptors (Lipinski definition) is 1. The summed E-state index contributed by atoms with van der Waals surface area (Å²) in [6.45, 7) is 4.31. The number of nitrogens with zero attached hydrogens (tertiary/aromatic N) is 1. The minimum absolute atomic E-state index is 0.379. The maximum absolute atomic E-state index is 5.80. The molecule has 0 fully saturated rings. The van der Waals surface area contributed by atoms with Gasteiger partial charge in [-0.25, -0.2) is 4.98 Å². The zero-order valence-electron chi connectivity index (χ0n) is 7.14. The lowest BCUT2D eigenvalue weighted by Gasteiger charge is -2.04. The highest BCUT2D eigenvalue weighted by Crippen LogP contribution is 2.20. The van der Waals surface area contributed by atoms with Gasteiger partial charge in [0.2, 0.25) is 0 Å². The monoisotopic (exact) mass is 203 g/mol. The molecule has 1 aromatic heterocycles. The number of pyridine rings is 1. The van der Waals surface area contributed by atoms with E-state index in [0.717, 1.165) is 12.0 Å². The molecule has 0 aliphatic rings. The third-order valence-corrected chi connectivity index (χ3v) is 2.18. The van der Waals surface area contributed by atoms with Gasteiger partial charge in [0.15, 0.2) is 0 Å². The molecule has 0 bridgehead atoms. The molecular formula is C9H11Cl2N. The van der Waals surface area contributed by atoms with Crippen molar-refractivity contribution in [3.63, 3.8) is 0 Å². The van der Waals surface area contributed by atoms with Crippen LogP contribution in [0.4, 0.5) is 0 Å². The van der Waals surface area contributed by atoms with Crippen LogP contribution in [0.25, 0.3) is 0 Å². The Morgan fingerprint density at radius 3 is 2.58 bits per heavy atom. The van der Waals surface area contributed by atoms with E-state index >= 15 is 0 Å². The van der Waals surface area contributed by atoms with Crippen LogP contribution in [0.3, 0.4) is 0 Å². The van der Waals surface area contributed by atoms with E-state index in [-0.39, 0.29) is 0 Å². The summed E-state index contributed by atoms with van der Waals surface area (Å²) in [6.07, 6.45) is 2.76. The van der Waals surface area contributed by atoms with Gasteiger partial charge < -0.3 is 0 Å². The first kappa shape index (κ1) is 9.82. The standard InChI is InChI=1S/C9H11Cl2N/c1-6(2)3-7-4-8(10)9(11)12-5-7/h4-6H,3H2,1-2H3. The Bertz CT molecular complexity index is 271. The maximum atomic E-state index is 5.80. The lowest BCUT2D eigenvalue weighted by atomic mass is 10.1. The molecule has 0 unspecified atom stereocenters. The zero-order chi connectivity index (χ0) is 9.14. The molecule has 0 aromatic carbocycles. The van der Waals surface area contributed by atoms with Crippen LogP contribution in [0.15, 0.2) is 12.3 Å². The summed E-state index contributed by atoms with van der Waals surface area (Å²) in [5.74, 6) is 0.615. The highest BCUT2D eigenvalue weighted by atomic mass is 35.5. The zero-order valence-corrected chi connectivity index (χ0v) is 8.65. The van der Waals surface area contributed by atoms with Crippen molar-refractivity contribution in [1.29, 1.82) is 0 Å². The van der Waals surface area contributed by atoms with Crippen LogP contribution in [-0.4, -0.2) is 4.98 Å². The molecule has 66 valence electrons. The normalized spacial score (nSPS) is 10.8. The van der Waals surface area contributed by atoms with Crippen LogP contribution < -0.4 is 0 Å². The van der Waals surface area contributed by atoms with Crippen LogP contribution in [0.2, 0.25) is 10.2 Å². The molecule has 0 aliphatic carbocycles. The smallest absolute Gasteiger partial charge is 0.147 e. The molecule has 1 heterocycles. The van der Waals surface area contributed by atoms with Crippen molar-refractivity contribution in [3.05, 3.63) is 28.0 Å². The predicted octanol–water partition coefficient (Wildman–Crippen LogP) is 3.59. The Balaban J connectivity index is 2.82. The Hall–Kier alpha value is -0.270. The molecule has 0 spiro atoms. The van der Waals surface area contributed by atoms with Crippen LogP contribution in [0.1, 0.15) is 19.4 Å². The average Bonchev–Trinajstić information content (AvgIpc) is 1.96. The molecule has 0 radical (unpaired) electrons. The fraction of sp³-hybridized carbons (Fsp3) is 0.444. The quantitative estimate of drug-likeness (QED) is 0.671. The van der Waals surface area contributed by atoms with E-state index < -0.39 is 0 Å². The molecule has 1 aromatic rings. The summed E-state index contributed by atoms with van der Waals surface area (Å²) in [5.41, 5.74) is 1.14. The van der Waals surface area contributed by atoms with Crippen molar-refractivity contribution >= 4 is 23.2 Å². The van der Waals surface area contributed by atoms with Gasteiger partial charge in [-0.05, 0) is 24.0 Å². The van der Waals surface area contributed by atoms with Crippen LogP contribution in [0, 0.1) is 5.92 Å². The van der Waals surface area contributed by atoms with E-state index in [2.05, 4.69) is 18.8 Å². The molecule has 0 atom stereocenters. The van der Waals surface area contributed by atoms with Crippen LogP contribution in [0.5, 0.6) is 0 Å². The minimum atomic E-state index is 0.379. The van der Waals surface area contributed by atoms with Gasteiger partial charge in [0.1, 0.15) is 5.15 Å². The molecule has 1 rings (SSSR count). The van der Waals surface area contributed by atoms with Gasteiger partial charge in [0.25, 0.3) is 0 Å². The van der Waals surface area contributed by atoms with E-state index in [1.165, 1.54) is 0 Å². The third kappa shape index (κ3) is 2.65. The van der Waals surface area contributed by atoms with Crippen LogP contribution in [-0.2, 0) is 6.42 Å². The lowest BCUT2D eigenvalue weighted by Crippen LogP contribution is -1.94.